The Morgan fingerprint density at radius 1 is 1.02 bits per heavy atom. The summed E-state index contributed by atoms with van der Waals surface area (Å²) in [6.45, 7) is 0.231. The van der Waals surface area contributed by atoms with E-state index < -0.39 is 55.2 Å². The number of aliphatic carboxylic acids is 1. The number of benzene rings is 2. The Morgan fingerprint density at radius 3 is 2.60 bits per heavy atom. The van der Waals surface area contributed by atoms with Crippen molar-refractivity contribution in [3.05, 3.63) is 41.5 Å². The second-order valence-electron chi connectivity index (χ2n) is 12.2. The number of hydrogen-bond acceptors (Lipinski definition) is 15. The monoisotopic (exact) mass is 675 g/mol. The maximum Gasteiger partial charge on any atom is 0.317 e. The number of rotatable bonds is 11. The van der Waals surface area contributed by atoms with Crippen LogP contribution in [0.15, 0.2) is 30.3 Å². The summed E-state index contributed by atoms with van der Waals surface area (Å²) in [4.78, 5) is 34.7. The Bertz CT molecular complexity index is 1510. The lowest BCUT2D eigenvalue weighted by Gasteiger charge is -2.53. The number of hydrogen-bond donors (Lipinski definition) is 4. The summed E-state index contributed by atoms with van der Waals surface area (Å²) >= 11 is 0. The first kappa shape index (κ1) is 32.6. The molecule has 0 aromatic heterocycles. The first-order valence-electron chi connectivity index (χ1n) is 15.8. The van der Waals surface area contributed by atoms with Gasteiger partial charge in [-0.2, -0.15) is 4.89 Å². The normalized spacial score (nSPS) is 31.2. The predicted octanol–water partition coefficient (Wildman–Crippen LogP) is 0.941. The van der Waals surface area contributed by atoms with Crippen molar-refractivity contribution >= 4 is 11.9 Å². The number of esters is 1. The highest BCUT2D eigenvalue weighted by atomic mass is 17.2. The number of carboxylic acids is 1. The SMILES string of the molecule is NCCO[C@@H]1O[C@H](COC(=O)CC(=O)O)[C@@]2(CC[C@H](CO)CO2)[C@H](O)[C@@H]1OOc1ccc2c(c1)[C@@H]1Oc3cc4c(cc3[C@H]1CO2)OCO4. The zero-order valence-corrected chi connectivity index (χ0v) is 25.8. The third-order valence-corrected chi connectivity index (χ3v) is 9.29. The van der Waals surface area contributed by atoms with Crippen molar-refractivity contribution in [3.63, 3.8) is 0 Å². The number of ether oxygens (including phenoxy) is 8. The quantitative estimate of drug-likeness (QED) is 0.113. The second-order valence-corrected chi connectivity index (χ2v) is 12.2. The van der Waals surface area contributed by atoms with E-state index in [4.69, 9.17) is 58.5 Å². The summed E-state index contributed by atoms with van der Waals surface area (Å²) < 4.78 is 46.8. The minimum atomic E-state index is -1.47. The molecule has 2 saturated heterocycles. The van der Waals surface area contributed by atoms with Gasteiger partial charge in [0.15, 0.2) is 29.6 Å². The van der Waals surface area contributed by atoms with Crippen molar-refractivity contribution in [2.75, 3.05) is 46.4 Å². The molecule has 1 spiro atoms. The molecule has 8 atom stereocenters. The van der Waals surface area contributed by atoms with Gasteiger partial charge >= 0.3 is 11.9 Å². The number of aliphatic hydroxyl groups is 2. The van der Waals surface area contributed by atoms with E-state index in [0.717, 1.165) is 11.1 Å². The molecule has 0 radical (unpaired) electrons. The summed E-state index contributed by atoms with van der Waals surface area (Å²) in [6.07, 6.45) is -5.62. The topological polar surface area (TPSA) is 213 Å². The van der Waals surface area contributed by atoms with Gasteiger partial charge in [-0.1, -0.05) is 0 Å². The van der Waals surface area contributed by atoms with Crippen LogP contribution in [0.5, 0.6) is 28.7 Å². The Balaban J connectivity index is 1.10. The van der Waals surface area contributed by atoms with Crippen molar-refractivity contribution in [1.82, 2.24) is 0 Å². The highest BCUT2D eigenvalue weighted by molar-refractivity contribution is 5.90. The van der Waals surface area contributed by atoms with Crippen LogP contribution in [0.2, 0.25) is 0 Å². The van der Waals surface area contributed by atoms with E-state index in [0.29, 0.717) is 36.0 Å². The second kappa shape index (κ2) is 13.5. The predicted molar refractivity (Wildman–Crippen MR) is 157 cm³/mol. The first-order chi connectivity index (χ1) is 23.3. The summed E-state index contributed by atoms with van der Waals surface area (Å²) in [7, 11) is 0. The van der Waals surface area contributed by atoms with Gasteiger partial charge in [0, 0.05) is 36.3 Å². The molecule has 5 aliphatic heterocycles. The minimum Gasteiger partial charge on any atom is -0.492 e. The van der Waals surface area contributed by atoms with Gasteiger partial charge in [0.1, 0.15) is 48.4 Å². The average Bonchev–Trinajstić information content (AvgIpc) is 3.70. The Labute approximate surface area is 274 Å². The lowest BCUT2D eigenvalue weighted by molar-refractivity contribution is -0.400. The number of nitrogens with two attached hydrogens (primary N) is 1. The molecule has 16 heteroatoms. The number of carbonyl (C=O) groups excluding carboxylic acids is 1. The van der Waals surface area contributed by atoms with E-state index in [1.165, 1.54) is 0 Å². The first-order valence-corrected chi connectivity index (χ1v) is 15.8. The summed E-state index contributed by atoms with van der Waals surface area (Å²) in [6, 6.07) is 8.84. The Hall–Kier alpha value is -3.90. The fraction of sp³-hybridized carbons (Fsp3) is 0.562. The van der Waals surface area contributed by atoms with Crippen LogP contribution >= 0.6 is 0 Å². The Kier molecular flexibility index (Phi) is 9.21. The van der Waals surface area contributed by atoms with Gasteiger partial charge in [0.05, 0.1) is 25.7 Å². The van der Waals surface area contributed by atoms with Crippen LogP contribution in [0.3, 0.4) is 0 Å². The van der Waals surface area contributed by atoms with Gasteiger partial charge in [-0.15, -0.1) is 0 Å². The fourth-order valence-electron chi connectivity index (χ4n) is 6.79. The van der Waals surface area contributed by atoms with Gasteiger partial charge in [-0.05, 0) is 37.1 Å². The molecule has 0 unspecified atom stereocenters. The molecule has 5 aliphatic rings. The molecule has 0 bridgehead atoms. The summed E-state index contributed by atoms with van der Waals surface area (Å²) in [5.74, 6) is 0.219. The Morgan fingerprint density at radius 2 is 1.85 bits per heavy atom. The molecule has 16 nitrogen and oxygen atoms in total. The van der Waals surface area contributed by atoms with Crippen molar-refractivity contribution in [1.29, 1.82) is 0 Å². The summed E-state index contributed by atoms with van der Waals surface area (Å²) in [5.41, 5.74) is 5.88. The highest BCUT2D eigenvalue weighted by Crippen LogP contribution is 2.54. The van der Waals surface area contributed by atoms with Crippen LogP contribution in [0.1, 0.15) is 42.4 Å². The lowest BCUT2D eigenvalue weighted by Crippen LogP contribution is -2.70. The number of carbonyl (C=O) groups is 2. The highest BCUT2D eigenvalue weighted by Gasteiger charge is 2.60. The largest absolute Gasteiger partial charge is 0.492 e. The van der Waals surface area contributed by atoms with Crippen molar-refractivity contribution in [2.45, 2.75) is 61.5 Å². The van der Waals surface area contributed by atoms with Gasteiger partial charge in [0.25, 0.3) is 0 Å². The van der Waals surface area contributed by atoms with Gasteiger partial charge in [-0.25, -0.2) is 0 Å². The van der Waals surface area contributed by atoms with Crippen molar-refractivity contribution in [2.24, 2.45) is 11.7 Å². The molecule has 0 aliphatic carbocycles. The van der Waals surface area contributed by atoms with E-state index in [-0.39, 0.29) is 63.3 Å². The molecule has 2 aromatic carbocycles. The molecular weight excluding hydrogens is 638 g/mol. The molecule has 260 valence electrons. The summed E-state index contributed by atoms with van der Waals surface area (Å²) in [5, 5.41) is 30.5. The van der Waals surface area contributed by atoms with Crippen LogP contribution in [-0.4, -0.2) is 104 Å². The van der Waals surface area contributed by atoms with Gasteiger partial charge in [0.2, 0.25) is 6.79 Å². The van der Waals surface area contributed by atoms with E-state index in [9.17, 15) is 19.8 Å². The zero-order chi connectivity index (χ0) is 33.4. The zero-order valence-electron chi connectivity index (χ0n) is 25.8. The molecular formula is C32H37NO15. The molecule has 48 heavy (non-hydrogen) atoms. The number of aliphatic hydroxyl groups excluding tert-OH is 2. The van der Waals surface area contributed by atoms with E-state index in [2.05, 4.69) is 0 Å². The average molecular weight is 676 g/mol. The van der Waals surface area contributed by atoms with Gasteiger partial charge < -0.3 is 63.8 Å². The van der Waals surface area contributed by atoms with E-state index >= 15 is 0 Å². The van der Waals surface area contributed by atoms with Crippen LogP contribution in [0.4, 0.5) is 0 Å². The third-order valence-electron chi connectivity index (χ3n) is 9.29. The third kappa shape index (κ3) is 6.09. The molecule has 0 saturated carbocycles. The molecule has 5 N–H and O–H groups in total. The molecule has 5 heterocycles. The molecule has 2 aromatic rings. The maximum absolute atomic E-state index is 12.1. The molecule has 0 amide bonds. The fourth-order valence-corrected chi connectivity index (χ4v) is 6.79. The minimum absolute atomic E-state index is 0.0277. The van der Waals surface area contributed by atoms with Crippen LogP contribution in [-0.2, 0) is 33.4 Å². The maximum atomic E-state index is 12.1. The number of carboxylic acid groups (broad SMARTS) is 1. The van der Waals surface area contributed by atoms with Crippen molar-refractivity contribution in [3.8, 4) is 28.7 Å². The van der Waals surface area contributed by atoms with Crippen LogP contribution in [0.25, 0.3) is 0 Å². The van der Waals surface area contributed by atoms with Crippen LogP contribution in [0, 0.1) is 5.92 Å². The van der Waals surface area contributed by atoms with Crippen LogP contribution < -0.4 is 29.6 Å². The van der Waals surface area contributed by atoms with E-state index in [1.807, 2.05) is 12.1 Å². The van der Waals surface area contributed by atoms with Crippen molar-refractivity contribution < 1.29 is 72.6 Å². The standard InChI is InChI=1S/C32H37NO15/c33-5-6-39-31-29(30(38)32(4-3-16(11-34)12-44-32)25(46-31)14-41-27(37)10-26(35)36)48-47-17-1-2-21-19(7-17)28-20(13-40-21)18-8-23-24(43-15-42-23)9-22(18)45-28/h1-2,7-9,16,20,25,28-31,34,38H,3-6,10-15,33H2,(H,35,36)/t16-,20-,25-,28+,29+,30-,31-,32+/m1/s1. The smallest absolute Gasteiger partial charge is 0.317 e. The lowest BCUT2D eigenvalue weighted by atomic mass is 9.77. The molecule has 2 fully saturated rings. The molecule has 7 rings (SSSR count). The van der Waals surface area contributed by atoms with Gasteiger partial charge in [-0.3, -0.25) is 9.59 Å². The number of fused-ring (bicyclic) bond motifs is 6. The van der Waals surface area contributed by atoms with E-state index in [1.54, 1.807) is 18.2 Å².